The first-order chi connectivity index (χ1) is 10.8. The van der Waals surface area contributed by atoms with Crippen molar-refractivity contribution in [2.24, 2.45) is 0 Å². The second-order valence-electron chi connectivity index (χ2n) is 5.18. The van der Waals surface area contributed by atoms with Crippen LogP contribution in [0.1, 0.15) is 16.8 Å². The Hall–Kier alpha value is -2.56. The van der Waals surface area contributed by atoms with Gasteiger partial charge in [-0.2, -0.15) is 0 Å². The zero-order valence-corrected chi connectivity index (χ0v) is 12.4. The minimum atomic E-state index is -0.00269. The molecule has 0 saturated carbocycles. The van der Waals surface area contributed by atoms with Crippen LogP contribution in [0.4, 0.5) is 0 Å². The Bertz CT molecular complexity index is 628. The first-order valence-corrected chi connectivity index (χ1v) is 7.27. The maximum absolute atomic E-state index is 12.5. The van der Waals surface area contributed by atoms with Crippen LogP contribution in [-0.4, -0.2) is 42.1 Å². The predicted molar refractivity (Wildman–Crippen MR) is 82.2 cm³/mol. The van der Waals surface area contributed by atoms with Crippen molar-refractivity contribution in [1.82, 2.24) is 9.88 Å². The Morgan fingerprint density at radius 2 is 2.05 bits per heavy atom. The first kappa shape index (κ1) is 14.4. The Balaban J connectivity index is 1.60. The molecule has 1 amide bonds. The van der Waals surface area contributed by atoms with Crippen LogP contribution in [-0.2, 0) is 0 Å². The average Bonchev–Trinajstić information content (AvgIpc) is 3.04. The van der Waals surface area contributed by atoms with Crippen molar-refractivity contribution in [3.05, 3.63) is 54.2 Å². The van der Waals surface area contributed by atoms with E-state index in [-0.39, 0.29) is 12.0 Å². The van der Waals surface area contributed by atoms with Gasteiger partial charge in [-0.25, -0.2) is 4.98 Å². The van der Waals surface area contributed by atoms with Gasteiger partial charge in [0.15, 0.2) is 0 Å². The lowest BCUT2D eigenvalue weighted by atomic mass is 10.2. The van der Waals surface area contributed by atoms with Gasteiger partial charge >= 0.3 is 0 Å². The molecule has 22 heavy (non-hydrogen) atoms. The standard InChI is InChI=1S/C17H18N2O3/c1-21-14-7-5-13(6-8-14)17(20)19-11-9-15(12-19)22-16-4-2-3-10-18-16/h2-8,10,15H,9,11-12H2,1H3. The lowest BCUT2D eigenvalue weighted by Crippen LogP contribution is -2.31. The Morgan fingerprint density at radius 3 is 2.73 bits per heavy atom. The van der Waals surface area contributed by atoms with E-state index >= 15 is 0 Å². The highest BCUT2D eigenvalue weighted by molar-refractivity contribution is 5.94. The average molecular weight is 298 g/mol. The molecule has 1 aromatic heterocycles. The third kappa shape index (κ3) is 3.19. The van der Waals surface area contributed by atoms with Crippen LogP contribution in [0.3, 0.4) is 0 Å². The fraction of sp³-hybridized carbons (Fsp3) is 0.294. The van der Waals surface area contributed by atoms with Gasteiger partial charge < -0.3 is 14.4 Å². The van der Waals surface area contributed by atoms with Crippen molar-refractivity contribution in [3.63, 3.8) is 0 Å². The molecule has 0 radical (unpaired) electrons. The normalized spacial score (nSPS) is 17.3. The largest absolute Gasteiger partial charge is 0.497 e. The summed E-state index contributed by atoms with van der Waals surface area (Å²) >= 11 is 0. The SMILES string of the molecule is COc1ccc(C(=O)N2CCC(Oc3ccccn3)C2)cc1. The summed E-state index contributed by atoms with van der Waals surface area (Å²) in [5.74, 6) is 1.37. The highest BCUT2D eigenvalue weighted by Crippen LogP contribution is 2.19. The van der Waals surface area contributed by atoms with E-state index in [9.17, 15) is 4.79 Å². The fourth-order valence-corrected chi connectivity index (χ4v) is 2.51. The summed E-state index contributed by atoms with van der Waals surface area (Å²) in [5.41, 5.74) is 0.666. The number of amides is 1. The van der Waals surface area contributed by atoms with Crippen molar-refractivity contribution in [3.8, 4) is 11.6 Å². The van der Waals surface area contributed by atoms with Gasteiger partial charge in [0, 0.05) is 30.8 Å². The predicted octanol–water partition coefficient (Wildman–Crippen LogP) is 2.38. The van der Waals surface area contributed by atoms with Gasteiger partial charge in [-0.15, -0.1) is 0 Å². The maximum Gasteiger partial charge on any atom is 0.253 e. The highest BCUT2D eigenvalue weighted by atomic mass is 16.5. The molecule has 5 nitrogen and oxygen atoms in total. The van der Waals surface area contributed by atoms with Gasteiger partial charge in [-0.05, 0) is 30.3 Å². The third-order valence-corrected chi connectivity index (χ3v) is 3.69. The molecule has 3 rings (SSSR count). The van der Waals surface area contributed by atoms with E-state index in [1.54, 1.807) is 37.6 Å². The van der Waals surface area contributed by atoms with E-state index in [1.165, 1.54) is 0 Å². The van der Waals surface area contributed by atoms with Crippen molar-refractivity contribution in [1.29, 1.82) is 0 Å². The molecule has 0 aliphatic carbocycles. The molecule has 0 bridgehead atoms. The number of carbonyl (C=O) groups is 1. The number of aromatic nitrogens is 1. The molecule has 1 fully saturated rings. The van der Waals surface area contributed by atoms with Crippen LogP contribution in [0.2, 0.25) is 0 Å². The van der Waals surface area contributed by atoms with Crippen LogP contribution in [0.25, 0.3) is 0 Å². The number of ether oxygens (including phenoxy) is 2. The number of hydrogen-bond acceptors (Lipinski definition) is 4. The molecule has 0 spiro atoms. The van der Waals surface area contributed by atoms with Gasteiger partial charge in [0.1, 0.15) is 11.9 Å². The Morgan fingerprint density at radius 1 is 1.23 bits per heavy atom. The molecule has 2 aromatic rings. The summed E-state index contributed by atoms with van der Waals surface area (Å²) in [6.07, 6.45) is 2.51. The van der Waals surface area contributed by atoms with Crippen LogP contribution in [0.15, 0.2) is 48.7 Å². The number of pyridine rings is 1. The number of rotatable bonds is 4. The molecule has 5 heteroatoms. The smallest absolute Gasteiger partial charge is 0.253 e. The van der Waals surface area contributed by atoms with Crippen LogP contribution in [0, 0.1) is 0 Å². The van der Waals surface area contributed by atoms with E-state index in [1.807, 2.05) is 23.1 Å². The van der Waals surface area contributed by atoms with Crippen molar-refractivity contribution in [2.45, 2.75) is 12.5 Å². The molecule has 1 aliphatic rings. The Labute approximate surface area is 129 Å². The minimum absolute atomic E-state index is 0.00269. The molecular formula is C17H18N2O3. The molecule has 1 unspecified atom stereocenters. The zero-order chi connectivity index (χ0) is 15.4. The van der Waals surface area contributed by atoms with Gasteiger partial charge in [0.05, 0.1) is 13.7 Å². The summed E-state index contributed by atoms with van der Waals surface area (Å²) in [5, 5.41) is 0. The Kier molecular flexibility index (Phi) is 4.23. The summed E-state index contributed by atoms with van der Waals surface area (Å²) in [4.78, 5) is 18.4. The van der Waals surface area contributed by atoms with Gasteiger partial charge in [0.25, 0.3) is 5.91 Å². The molecule has 2 heterocycles. The molecule has 0 N–H and O–H groups in total. The lowest BCUT2D eigenvalue weighted by molar-refractivity contribution is 0.0771. The van der Waals surface area contributed by atoms with E-state index in [0.717, 1.165) is 12.2 Å². The molecule has 114 valence electrons. The number of likely N-dealkylation sites (tertiary alicyclic amines) is 1. The third-order valence-electron chi connectivity index (χ3n) is 3.69. The lowest BCUT2D eigenvalue weighted by Gasteiger charge is -2.17. The summed E-state index contributed by atoms with van der Waals surface area (Å²) in [7, 11) is 1.61. The number of benzene rings is 1. The van der Waals surface area contributed by atoms with E-state index in [2.05, 4.69) is 4.98 Å². The summed E-state index contributed by atoms with van der Waals surface area (Å²) < 4.78 is 10.9. The number of hydrogen-bond donors (Lipinski definition) is 0. The number of methoxy groups -OCH3 is 1. The second kappa shape index (κ2) is 6.47. The molecule has 1 aliphatic heterocycles. The van der Waals surface area contributed by atoms with E-state index in [4.69, 9.17) is 9.47 Å². The number of nitrogens with zero attached hydrogens (tertiary/aromatic N) is 2. The van der Waals surface area contributed by atoms with Crippen molar-refractivity contribution in [2.75, 3.05) is 20.2 Å². The topological polar surface area (TPSA) is 51.7 Å². The first-order valence-electron chi connectivity index (χ1n) is 7.27. The van der Waals surface area contributed by atoms with Gasteiger partial charge in [0.2, 0.25) is 5.88 Å². The van der Waals surface area contributed by atoms with Crippen LogP contribution < -0.4 is 9.47 Å². The number of carbonyl (C=O) groups excluding carboxylic acids is 1. The quantitative estimate of drug-likeness (QED) is 0.869. The molecule has 1 aromatic carbocycles. The minimum Gasteiger partial charge on any atom is -0.497 e. The maximum atomic E-state index is 12.5. The molecule has 1 saturated heterocycles. The van der Waals surface area contributed by atoms with E-state index in [0.29, 0.717) is 24.5 Å². The van der Waals surface area contributed by atoms with Crippen LogP contribution in [0.5, 0.6) is 11.6 Å². The van der Waals surface area contributed by atoms with Gasteiger partial charge in [-0.3, -0.25) is 4.79 Å². The summed E-state index contributed by atoms with van der Waals surface area (Å²) in [6.45, 7) is 1.28. The van der Waals surface area contributed by atoms with Crippen molar-refractivity contribution < 1.29 is 14.3 Å². The monoisotopic (exact) mass is 298 g/mol. The second-order valence-corrected chi connectivity index (χ2v) is 5.18. The fourth-order valence-electron chi connectivity index (χ4n) is 2.51. The molecular weight excluding hydrogens is 280 g/mol. The molecule has 1 atom stereocenters. The highest BCUT2D eigenvalue weighted by Gasteiger charge is 2.28. The van der Waals surface area contributed by atoms with E-state index < -0.39 is 0 Å². The zero-order valence-electron chi connectivity index (χ0n) is 12.4. The van der Waals surface area contributed by atoms with Gasteiger partial charge in [-0.1, -0.05) is 6.07 Å². The van der Waals surface area contributed by atoms with Crippen molar-refractivity contribution >= 4 is 5.91 Å². The van der Waals surface area contributed by atoms with Crippen LogP contribution >= 0.6 is 0 Å². The summed E-state index contributed by atoms with van der Waals surface area (Å²) in [6, 6.07) is 12.7.